The normalized spacial score (nSPS) is 30.1. The molecule has 0 saturated heterocycles. The maximum absolute atomic E-state index is 12.5. The highest BCUT2D eigenvalue weighted by atomic mass is 16.5. The maximum Gasteiger partial charge on any atom is 0.326 e. The smallest absolute Gasteiger partial charge is 0.326 e. The van der Waals surface area contributed by atoms with Gasteiger partial charge in [0.25, 0.3) is 0 Å². The predicted molar refractivity (Wildman–Crippen MR) is 75.3 cm³/mol. The van der Waals surface area contributed by atoms with Gasteiger partial charge in [0.1, 0.15) is 5.54 Å². The fourth-order valence-electron chi connectivity index (χ4n) is 3.25. The molecule has 110 valence electrons. The molecule has 1 aromatic rings. The summed E-state index contributed by atoms with van der Waals surface area (Å²) in [6, 6.07) is 0.836. The van der Waals surface area contributed by atoms with Gasteiger partial charge in [-0.3, -0.25) is 10.1 Å². The van der Waals surface area contributed by atoms with Crippen molar-refractivity contribution in [2.45, 2.75) is 63.1 Å². The number of hydrogen-bond acceptors (Lipinski definition) is 4. The number of imidazole rings is 1. The van der Waals surface area contributed by atoms with Gasteiger partial charge in [-0.1, -0.05) is 0 Å². The van der Waals surface area contributed by atoms with Gasteiger partial charge in [-0.05, 0) is 45.4 Å². The summed E-state index contributed by atoms with van der Waals surface area (Å²) in [4.78, 5) is 16.6. The number of aromatic nitrogens is 2. The molecule has 1 aromatic heterocycles. The minimum atomic E-state index is -0.496. The third-order valence-electron chi connectivity index (χ3n) is 4.40. The molecule has 3 rings (SSSR count). The SMILES string of the molecule is CCOC(=O)C1(NC2CC2)CCCC(n2ccnc2)C1. The summed E-state index contributed by atoms with van der Waals surface area (Å²) in [6.07, 6.45) is 11.8. The van der Waals surface area contributed by atoms with Crippen molar-refractivity contribution in [2.24, 2.45) is 0 Å². The Hall–Kier alpha value is -1.36. The molecular formula is C15H23N3O2. The minimum absolute atomic E-state index is 0.0725. The average Bonchev–Trinajstić information content (AvgIpc) is 3.08. The van der Waals surface area contributed by atoms with Gasteiger partial charge in [0.15, 0.2) is 0 Å². The Morgan fingerprint density at radius 3 is 3.00 bits per heavy atom. The Kier molecular flexibility index (Phi) is 3.78. The number of carbonyl (C=O) groups is 1. The van der Waals surface area contributed by atoms with Gasteiger partial charge in [-0.15, -0.1) is 0 Å². The molecule has 2 aliphatic rings. The van der Waals surface area contributed by atoms with Crippen LogP contribution in [-0.2, 0) is 9.53 Å². The molecule has 0 amide bonds. The van der Waals surface area contributed by atoms with Crippen molar-refractivity contribution in [2.75, 3.05) is 6.61 Å². The quantitative estimate of drug-likeness (QED) is 0.837. The zero-order valence-electron chi connectivity index (χ0n) is 12.0. The molecule has 0 spiro atoms. The summed E-state index contributed by atoms with van der Waals surface area (Å²) in [5.74, 6) is -0.0725. The fourth-order valence-corrected chi connectivity index (χ4v) is 3.25. The molecule has 0 aromatic carbocycles. The first-order valence-electron chi connectivity index (χ1n) is 7.66. The van der Waals surface area contributed by atoms with E-state index in [1.807, 2.05) is 19.4 Å². The van der Waals surface area contributed by atoms with Crippen molar-refractivity contribution < 1.29 is 9.53 Å². The van der Waals surface area contributed by atoms with E-state index >= 15 is 0 Å². The summed E-state index contributed by atoms with van der Waals surface area (Å²) >= 11 is 0. The van der Waals surface area contributed by atoms with Crippen LogP contribution in [0.15, 0.2) is 18.7 Å². The van der Waals surface area contributed by atoms with Gasteiger partial charge >= 0.3 is 5.97 Å². The van der Waals surface area contributed by atoms with Gasteiger partial charge in [0.2, 0.25) is 0 Å². The Morgan fingerprint density at radius 1 is 1.50 bits per heavy atom. The molecule has 5 heteroatoms. The summed E-state index contributed by atoms with van der Waals surface area (Å²) < 4.78 is 7.48. The number of nitrogens with one attached hydrogen (secondary N) is 1. The highest BCUT2D eigenvalue weighted by Gasteiger charge is 2.47. The number of nitrogens with zero attached hydrogens (tertiary/aromatic N) is 2. The van der Waals surface area contributed by atoms with Crippen LogP contribution in [0.25, 0.3) is 0 Å². The van der Waals surface area contributed by atoms with Gasteiger partial charge in [-0.25, -0.2) is 4.98 Å². The fraction of sp³-hybridized carbons (Fsp3) is 0.733. The summed E-state index contributed by atoms with van der Waals surface area (Å²) in [7, 11) is 0. The van der Waals surface area contributed by atoms with Crippen molar-refractivity contribution >= 4 is 5.97 Å². The molecule has 5 nitrogen and oxygen atoms in total. The average molecular weight is 277 g/mol. The monoisotopic (exact) mass is 277 g/mol. The van der Waals surface area contributed by atoms with E-state index in [-0.39, 0.29) is 5.97 Å². The molecule has 2 fully saturated rings. The molecule has 2 atom stereocenters. The zero-order chi connectivity index (χ0) is 14.0. The molecule has 0 bridgehead atoms. The highest BCUT2D eigenvalue weighted by Crippen LogP contribution is 2.38. The second-order valence-corrected chi connectivity index (χ2v) is 5.98. The number of esters is 1. The van der Waals surface area contributed by atoms with Gasteiger partial charge in [0.05, 0.1) is 12.9 Å². The van der Waals surface area contributed by atoms with E-state index in [1.165, 1.54) is 12.8 Å². The van der Waals surface area contributed by atoms with Crippen molar-refractivity contribution in [3.8, 4) is 0 Å². The standard InChI is InChI=1S/C15H23N3O2/c1-2-20-14(19)15(17-12-5-6-12)7-3-4-13(10-15)18-9-8-16-11-18/h8-9,11-13,17H,2-7,10H2,1H3. The van der Waals surface area contributed by atoms with E-state index in [2.05, 4.69) is 14.9 Å². The number of ether oxygens (including phenoxy) is 1. The van der Waals surface area contributed by atoms with E-state index in [0.717, 1.165) is 25.7 Å². The number of rotatable bonds is 5. The molecule has 0 aliphatic heterocycles. The van der Waals surface area contributed by atoms with Crippen LogP contribution in [0.3, 0.4) is 0 Å². The Balaban J connectivity index is 1.78. The second-order valence-electron chi connectivity index (χ2n) is 5.98. The van der Waals surface area contributed by atoms with Crippen LogP contribution in [0.2, 0.25) is 0 Å². The highest BCUT2D eigenvalue weighted by molar-refractivity contribution is 5.81. The molecule has 2 saturated carbocycles. The topological polar surface area (TPSA) is 56.1 Å². The third-order valence-corrected chi connectivity index (χ3v) is 4.40. The molecule has 2 unspecified atom stereocenters. The van der Waals surface area contributed by atoms with Crippen LogP contribution >= 0.6 is 0 Å². The minimum Gasteiger partial charge on any atom is -0.465 e. The first-order chi connectivity index (χ1) is 9.73. The van der Waals surface area contributed by atoms with Gasteiger partial charge in [-0.2, -0.15) is 0 Å². The molecule has 1 N–H and O–H groups in total. The lowest BCUT2D eigenvalue weighted by atomic mass is 9.78. The number of hydrogen-bond donors (Lipinski definition) is 1. The predicted octanol–water partition coefficient (Wildman–Crippen LogP) is 2.05. The summed E-state index contributed by atoms with van der Waals surface area (Å²) in [6.45, 7) is 2.32. The van der Waals surface area contributed by atoms with E-state index in [0.29, 0.717) is 18.7 Å². The number of carbonyl (C=O) groups excluding carboxylic acids is 1. The Labute approximate surface area is 119 Å². The van der Waals surface area contributed by atoms with Crippen molar-refractivity contribution in [1.82, 2.24) is 14.9 Å². The lowest BCUT2D eigenvalue weighted by Gasteiger charge is -2.40. The lowest BCUT2D eigenvalue weighted by Crippen LogP contribution is -2.56. The summed E-state index contributed by atoms with van der Waals surface area (Å²) in [5, 5.41) is 3.57. The van der Waals surface area contributed by atoms with Crippen molar-refractivity contribution in [3.05, 3.63) is 18.7 Å². The van der Waals surface area contributed by atoms with Gasteiger partial charge < -0.3 is 9.30 Å². The Bertz CT molecular complexity index is 456. The Morgan fingerprint density at radius 2 is 2.35 bits per heavy atom. The van der Waals surface area contributed by atoms with E-state index in [4.69, 9.17) is 4.74 Å². The molecule has 20 heavy (non-hydrogen) atoms. The lowest BCUT2D eigenvalue weighted by molar-refractivity contribution is -0.153. The van der Waals surface area contributed by atoms with Gasteiger partial charge in [0, 0.05) is 24.5 Å². The van der Waals surface area contributed by atoms with Crippen LogP contribution in [0.4, 0.5) is 0 Å². The largest absolute Gasteiger partial charge is 0.465 e. The second kappa shape index (κ2) is 5.56. The molecule has 2 aliphatic carbocycles. The zero-order valence-corrected chi connectivity index (χ0v) is 12.0. The van der Waals surface area contributed by atoms with Crippen LogP contribution < -0.4 is 5.32 Å². The van der Waals surface area contributed by atoms with Crippen LogP contribution in [0.5, 0.6) is 0 Å². The van der Waals surface area contributed by atoms with Crippen LogP contribution in [-0.4, -0.2) is 33.7 Å². The van der Waals surface area contributed by atoms with Crippen LogP contribution in [0.1, 0.15) is 51.5 Å². The third kappa shape index (κ3) is 2.73. The molecule has 1 heterocycles. The first kappa shape index (κ1) is 13.6. The van der Waals surface area contributed by atoms with E-state index in [9.17, 15) is 4.79 Å². The summed E-state index contributed by atoms with van der Waals surface area (Å²) in [5.41, 5.74) is -0.496. The van der Waals surface area contributed by atoms with Crippen LogP contribution in [0, 0.1) is 0 Å². The first-order valence-corrected chi connectivity index (χ1v) is 7.66. The maximum atomic E-state index is 12.5. The van der Waals surface area contributed by atoms with Crippen molar-refractivity contribution in [3.63, 3.8) is 0 Å². The van der Waals surface area contributed by atoms with E-state index in [1.54, 1.807) is 6.20 Å². The molecular weight excluding hydrogens is 254 g/mol. The van der Waals surface area contributed by atoms with E-state index < -0.39 is 5.54 Å². The molecule has 0 radical (unpaired) electrons. The van der Waals surface area contributed by atoms with Crippen molar-refractivity contribution in [1.29, 1.82) is 0 Å².